The standard InChI is InChI=1S/C16H15N5O2S/c22-16(11-5-6-13-14(9-11)20-24-19-13)21-8-2-3-12(10-21)23-15-4-1-7-17-18-15/h1,4-7,9,12H,2-3,8,10H2. The number of hydrogen-bond donors (Lipinski definition) is 0. The lowest BCUT2D eigenvalue weighted by Crippen LogP contribution is -2.44. The van der Waals surface area contributed by atoms with Gasteiger partial charge in [-0.1, -0.05) is 0 Å². The minimum absolute atomic E-state index is 0.00246. The van der Waals surface area contributed by atoms with Crippen molar-refractivity contribution in [3.05, 3.63) is 42.1 Å². The average Bonchev–Trinajstić information content (AvgIpc) is 3.10. The van der Waals surface area contributed by atoms with Gasteiger partial charge in [0.05, 0.1) is 18.3 Å². The van der Waals surface area contributed by atoms with Gasteiger partial charge in [0.1, 0.15) is 17.1 Å². The zero-order chi connectivity index (χ0) is 16.4. The van der Waals surface area contributed by atoms with E-state index in [1.807, 2.05) is 11.0 Å². The summed E-state index contributed by atoms with van der Waals surface area (Å²) in [4.78, 5) is 14.6. The lowest BCUT2D eigenvalue weighted by Gasteiger charge is -2.32. The largest absolute Gasteiger partial charge is 0.471 e. The molecule has 1 amide bonds. The van der Waals surface area contributed by atoms with Crippen LogP contribution in [0.1, 0.15) is 23.2 Å². The molecule has 1 aliphatic heterocycles. The number of fused-ring (bicyclic) bond motifs is 1. The van der Waals surface area contributed by atoms with Crippen LogP contribution in [0.5, 0.6) is 5.88 Å². The molecule has 0 N–H and O–H groups in total. The zero-order valence-corrected chi connectivity index (χ0v) is 13.6. The molecule has 1 fully saturated rings. The smallest absolute Gasteiger partial charge is 0.254 e. The maximum absolute atomic E-state index is 12.8. The Morgan fingerprint density at radius 1 is 1.25 bits per heavy atom. The van der Waals surface area contributed by atoms with Crippen LogP contribution in [0, 0.1) is 0 Å². The molecular formula is C16H15N5O2S. The fourth-order valence-corrected chi connectivity index (χ4v) is 3.35. The van der Waals surface area contributed by atoms with E-state index in [1.54, 1.807) is 30.5 Å². The number of amides is 1. The molecule has 3 aromatic rings. The van der Waals surface area contributed by atoms with Crippen molar-refractivity contribution in [3.63, 3.8) is 0 Å². The van der Waals surface area contributed by atoms with Gasteiger partial charge in [0.25, 0.3) is 5.91 Å². The van der Waals surface area contributed by atoms with Crippen molar-refractivity contribution in [2.45, 2.75) is 18.9 Å². The van der Waals surface area contributed by atoms with Crippen LogP contribution < -0.4 is 4.74 Å². The number of ether oxygens (including phenoxy) is 1. The van der Waals surface area contributed by atoms with E-state index in [1.165, 1.54) is 0 Å². The average molecular weight is 341 g/mol. The first kappa shape index (κ1) is 14.9. The molecule has 0 radical (unpaired) electrons. The molecule has 0 aliphatic carbocycles. The normalized spacial score (nSPS) is 17.8. The third kappa shape index (κ3) is 3.05. The van der Waals surface area contributed by atoms with Gasteiger partial charge in [-0.05, 0) is 37.1 Å². The minimum Gasteiger partial charge on any atom is -0.471 e. The SMILES string of the molecule is O=C(c1ccc2nsnc2c1)N1CCCC(Oc2cccnn2)C1. The molecule has 1 aromatic carbocycles. The Morgan fingerprint density at radius 2 is 2.17 bits per heavy atom. The molecule has 0 spiro atoms. The lowest BCUT2D eigenvalue weighted by atomic mass is 10.1. The van der Waals surface area contributed by atoms with Gasteiger partial charge in [-0.15, -0.1) is 5.10 Å². The van der Waals surface area contributed by atoms with Crippen LogP contribution in [0.25, 0.3) is 11.0 Å². The van der Waals surface area contributed by atoms with E-state index in [0.717, 1.165) is 42.1 Å². The monoisotopic (exact) mass is 341 g/mol. The number of benzene rings is 1. The van der Waals surface area contributed by atoms with Crippen LogP contribution in [0.15, 0.2) is 36.5 Å². The highest BCUT2D eigenvalue weighted by Crippen LogP contribution is 2.20. The number of hydrogen-bond acceptors (Lipinski definition) is 7. The molecule has 3 heterocycles. The highest BCUT2D eigenvalue weighted by Gasteiger charge is 2.26. The minimum atomic E-state index is -0.0657. The highest BCUT2D eigenvalue weighted by atomic mass is 32.1. The van der Waals surface area contributed by atoms with Crippen LogP contribution >= 0.6 is 11.7 Å². The van der Waals surface area contributed by atoms with Gasteiger partial charge >= 0.3 is 0 Å². The second kappa shape index (κ2) is 6.48. The van der Waals surface area contributed by atoms with E-state index in [9.17, 15) is 4.79 Å². The number of carbonyl (C=O) groups is 1. The van der Waals surface area contributed by atoms with Crippen molar-refractivity contribution in [1.82, 2.24) is 23.8 Å². The Labute approximate surface area is 142 Å². The summed E-state index contributed by atoms with van der Waals surface area (Å²) in [6, 6.07) is 9.00. The van der Waals surface area contributed by atoms with Crippen LogP contribution in [0.3, 0.4) is 0 Å². The summed E-state index contributed by atoms with van der Waals surface area (Å²) in [6.45, 7) is 1.27. The van der Waals surface area contributed by atoms with Crippen LogP contribution in [-0.2, 0) is 0 Å². The molecule has 7 nitrogen and oxygen atoms in total. The molecule has 0 saturated carbocycles. The molecular weight excluding hydrogens is 326 g/mol. The summed E-state index contributed by atoms with van der Waals surface area (Å²) in [5, 5.41) is 7.75. The van der Waals surface area contributed by atoms with E-state index in [-0.39, 0.29) is 12.0 Å². The van der Waals surface area contributed by atoms with E-state index in [0.29, 0.717) is 18.0 Å². The van der Waals surface area contributed by atoms with Crippen molar-refractivity contribution in [1.29, 1.82) is 0 Å². The Balaban J connectivity index is 1.47. The number of piperidine rings is 1. The van der Waals surface area contributed by atoms with E-state index >= 15 is 0 Å². The molecule has 4 rings (SSSR count). The zero-order valence-electron chi connectivity index (χ0n) is 12.8. The number of aromatic nitrogens is 4. The Morgan fingerprint density at radius 3 is 3.04 bits per heavy atom. The van der Waals surface area contributed by atoms with Crippen LogP contribution in [0.4, 0.5) is 0 Å². The van der Waals surface area contributed by atoms with Gasteiger partial charge in [0, 0.05) is 24.4 Å². The van der Waals surface area contributed by atoms with Gasteiger partial charge in [-0.25, -0.2) is 0 Å². The van der Waals surface area contributed by atoms with Gasteiger partial charge in [0.2, 0.25) is 5.88 Å². The van der Waals surface area contributed by atoms with Crippen molar-refractivity contribution in [2.75, 3.05) is 13.1 Å². The summed E-state index contributed by atoms with van der Waals surface area (Å²) in [5.74, 6) is 0.490. The first-order valence-corrected chi connectivity index (χ1v) is 8.48. The molecule has 1 aliphatic rings. The third-order valence-corrected chi connectivity index (χ3v) is 4.56. The quantitative estimate of drug-likeness (QED) is 0.726. The van der Waals surface area contributed by atoms with Crippen molar-refractivity contribution >= 4 is 28.7 Å². The molecule has 0 bridgehead atoms. The summed E-state index contributed by atoms with van der Waals surface area (Å²) < 4.78 is 14.2. The number of nitrogens with zero attached hydrogens (tertiary/aromatic N) is 5. The second-order valence-electron chi connectivity index (χ2n) is 5.66. The predicted molar refractivity (Wildman–Crippen MR) is 89.0 cm³/mol. The van der Waals surface area contributed by atoms with Crippen LogP contribution in [-0.4, -0.2) is 48.9 Å². The summed E-state index contributed by atoms with van der Waals surface area (Å²) in [6.07, 6.45) is 3.34. The molecule has 122 valence electrons. The van der Waals surface area contributed by atoms with E-state index in [4.69, 9.17) is 4.74 Å². The molecule has 1 saturated heterocycles. The predicted octanol–water partition coefficient (Wildman–Crippen LogP) is 2.16. The number of carbonyl (C=O) groups excluding carboxylic acids is 1. The van der Waals surface area contributed by atoms with E-state index in [2.05, 4.69) is 18.9 Å². The Kier molecular flexibility index (Phi) is 4.04. The topological polar surface area (TPSA) is 81.1 Å². The van der Waals surface area contributed by atoms with Gasteiger partial charge in [-0.3, -0.25) is 4.79 Å². The summed E-state index contributed by atoms with van der Waals surface area (Å²) in [7, 11) is 0. The van der Waals surface area contributed by atoms with E-state index < -0.39 is 0 Å². The number of likely N-dealkylation sites (tertiary alicyclic amines) is 1. The Hall–Kier alpha value is -2.61. The third-order valence-electron chi connectivity index (χ3n) is 4.00. The fourth-order valence-electron chi connectivity index (χ4n) is 2.84. The molecule has 8 heteroatoms. The van der Waals surface area contributed by atoms with Crippen molar-refractivity contribution in [2.24, 2.45) is 0 Å². The molecule has 24 heavy (non-hydrogen) atoms. The summed E-state index contributed by atoms with van der Waals surface area (Å²) >= 11 is 1.15. The first-order chi connectivity index (χ1) is 11.8. The number of rotatable bonds is 3. The van der Waals surface area contributed by atoms with Crippen molar-refractivity contribution in [3.8, 4) is 5.88 Å². The van der Waals surface area contributed by atoms with Crippen molar-refractivity contribution < 1.29 is 9.53 Å². The Bertz CT molecular complexity index is 854. The second-order valence-corrected chi connectivity index (χ2v) is 6.19. The fraction of sp³-hybridized carbons (Fsp3) is 0.312. The van der Waals surface area contributed by atoms with Crippen LogP contribution in [0.2, 0.25) is 0 Å². The maximum atomic E-state index is 12.8. The highest BCUT2D eigenvalue weighted by molar-refractivity contribution is 7.00. The van der Waals surface area contributed by atoms with Gasteiger partial charge < -0.3 is 9.64 Å². The lowest BCUT2D eigenvalue weighted by molar-refractivity contribution is 0.0525. The molecule has 1 atom stereocenters. The maximum Gasteiger partial charge on any atom is 0.254 e. The van der Waals surface area contributed by atoms with Gasteiger partial charge in [0.15, 0.2) is 0 Å². The molecule has 1 unspecified atom stereocenters. The molecule has 2 aromatic heterocycles. The van der Waals surface area contributed by atoms with Gasteiger partial charge in [-0.2, -0.15) is 13.8 Å². The first-order valence-electron chi connectivity index (χ1n) is 7.75. The summed E-state index contributed by atoms with van der Waals surface area (Å²) in [5.41, 5.74) is 2.21.